The van der Waals surface area contributed by atoms with Crippen molar-refractivity contribution in [2.24, 2.45) is 10.9 Å². The lowest BCUT2D eigenvalue weighted by atomic mass is 9.87. The van der Waals surface area contributed by atoms with Crippen LogP contribution in [0.3, 0.4) is 0 Å². The predicted molar refractivity (Wildman–Crippen MR) is 199 cm³/mol. The summed E-state index contributed by atoms with van der Waals surface area (Å²) in [5, 5.41) is 16.5. The van der Waals surface area contributed by atoms with Crippen molar-refractivity contribution in [1.29, 1.82) is 0 Å². The number of pyridine rings is 1. The molecular weight excluding hydrogens is 612 g/mol. The fourth-order valence-corrected chi connectivity index (χ4v) is 6.30. The number of hydrogen-bond donors (Lipinski definition) is 3. The maximum atomic E-state index is 12.5. The van der Waals surface area contributed by atoms with Gasteiger partial charge in [0.05, 0.1) is 11.9 Å². The minimum absolute atomic E-state index is 0.158. The number of hydrogen-bond acceptors (Lipinski definition) is 9. The molecule has 1 fully saturated rings. The van der Waals surface area contributed by atoms with Crippen LogP contribution in [0.15, 0.2) is 78.1 Å². The van der Waals surface area contributed by atoms with Gasteiger partial charge in [0, 0.05) is 59.8 Å². The number of rotatable bonds is 12. The van der Waals surface area contributed by atoms with Gasteiger partial charge >= 0.3 is 0 Å². The monoisotopic (exact) mass is 658 g/mol. The first-order chi connectivity index (χ1) is 23.8. The smallest absolute Gasteiger partial charge is 0.254 e. The second-order valence-corrected chi connectivity index (χ2v) is 13.3. The number of anilines is 2. The van der Waals surface area contributed by atoms with Gasteiger partial charge in [0.25, 0.3) is 5.95 Å². The number of aliphatic imine (C=N–C) groups is 1. The highest BCUT2D eigenvalue weighted by molar-refractivity contribution is 6.02. The molecule has 1 aliphatic carbocycles. The van der Waals surface area contributed by atoms with Crippen LogP contribution in [0.2, 0.25) is 0 Å². The van der Waals surface area contributed by atoms with E-state index in [0.717, 1.165) is 70.2 Å². The van der Waals surface area contributed by atoms with Crippen LogP contribution in [0.5, 0.6) is 0 Å². The van der Waals surface area contributed by atoms with E-state index in [9.17, 15) is 4.79 Å². The Morgan fingerprint density at radius 3 is 2.67 bits per heavy atom. The molecular formula is C38H46N10O. The third kappa shape index (κ3) is 8.18. The van der Waals surface area contributed by atoms with Crippen molar-refractivity contribution in [2.45, 2.75) is 58.0 Å². The number of carbonyl (C=O) groups excluding carboxylic acids is 1. The van der Waals surface area contributed by atoms with Gasteiger partial charge in [-0.2, -0.15) is 19.6 Å². The molecule has 1 saturated carbocycles. The van der Waals surface area contributed by atoms with E-state index in [1.165, 1.54) is 0 Å². The van der Waals surface area contributed by atoms with Crippen LogP contribution in [0.4, 0.5) is 17.6 Å². The molecule has 1 aliphatic rings. The van der Waals surface area contributed by atoms with E-state index in [1.54, 1.807) is 10.6 Å². The number of nitrogens with zero attached hydrogens (tertiary/aromatic N) is 7. The maximum Gasteiger partial charge on any atom is 0.254 e. The molecule has 2 aromatic carbocycles. The Bertz CT molecular complexity index is 1970. The Balaban J connectivity index is 1.25. The number of benzene rings is 2. The molecule has 3 N–H and O–H groups in total. The van der Waals surface area contributed by atoms with Gasteiger partial charge in [0.15, 0.2) is 5.65 Å². The molecule has 0 saturated heterocycles. The van der Waals surface area contributed by atoms with Crippen molar-refractivity contribution in [2.75, 3.05) is 38.3 Å². The summed E-state index contributed by atoms with van der Waals surface area (Å²) in [6.45, 7) is 5.47. The summed E-state index contributed by atoms with van der Waals surface area (Å²) in [5.74, 6) is 1.54. The highest BCUT2D eigenvalue weighted by Crippen LogP contribution is 2.32. The molecule has 1 amide bonds. The number of aromatic nitrogens is 5. The number of carbonyl (C=O) groups is 1. The summed E-state index contributed by atoms with van der Waals surface area (Å²) >= 11 is 0. The highest BCUT2D eigenvalue weighted by atomic mass is 16.1. The van der Waals surface area contributed by atoms with Crippen molar-refractivity contribution in [3.05, 3.63) is 84.2 Å². The lowest BCUT2D eigenvalue weighted by Gasteiger charge is -2.25. The molecule has 0 spiro atoms. The molecule has 0 unspecified atom stereocenters. The topological polar surface area (TPSA) is 125 Å². The van der Waals surface area contributed by atoms with Gasteiger partial charge in [-0.05, 0) is 87.8 Å². The zero-order chi connectivity index (χ0) is 34.3. The van der Waals surface area contributed by atoms with E-state index in [4.69, 9.17) is 19.9 Å². The quantitative estimate of drug-likeness (QED) is 0.101. The van der Waals surface area contributed by atoms with E-state index in [2.05, 4.69) is 47.0 Å². The Labute approximate surface area is 288 Å². The van der Waals surface area contributed by atoms with Gasteiger partial charge in [0.2, 0.25) is 11.9 Å². The van der Waals surface area contributed by atoms with Gasteiger partial charge in [0.1, 0.15) is 0 Å². The summed E-state index contributed by atoms with van der Waals surface area (Å²) in [7, 11) is 5.97. The first kappa shape index (κ1) is 33.9. The van der Waals surface area contributed by atoms with Crippen LogP contribution in [-0.4, -0.2) is 75.3 Å². The van der Waals surface area contributed by atoms with E-state index in [1.807, 2.05) is 87.1 Å². The van der Waals surface area contributed by atoms with E-state index in [-0.39, 0.29) is 11.8 Å². The van der Waals surface area contributed by atoms with Crippen LogP contribution in [0.25, 0.3) is 27.7 Å². The Morgan fingerprint density at radius 1 is 1.08 bits per heavy atom. The van der Waals surface area contributed by atoms with E-state index >= 15 is 0 Å². The number of amides is 1. The van der Waals surface area contributed by atoms with Crippen LogP contribution >= 0.6 is 0 Å². The summed E-state index contributed by atoms with van der Waals surface area (Å²) in [6, 6.07) is 16.7. The average Bonchev–Trinajstić information content (AvgIpc) is 3.54. The zero-order valence-electron chi connectivity index (χ0n) is 29.0. The molecule has 5 aromatic rings. The Morgan fingerprint density at radius 2 is 1.90 bits per heavy atom. The van der Waals surface area contributed by atoms with Gasteiger partial charge in [-0.25, -0.2) is 4.99 Å². The third-order valence-corrected chi connectivity index (χ3v) is 9.07. The van der Waals surface area contributed by atoms with Gasteiger partial charge in [-0.1, -0.05) is 50.3 Å². The summed E-state index contributed by atoms with van der Waals surface area (Å²) < 4.78 is 1.77. The lowest BCUT2D eigenvalue weighted by Crippen LogP contribution is -2.30. The number of fused-ring (bicyclic) bond motifs is 2. The van der Waals surface area contributed by atoms with Crippen molar-refractivity contribution in [3.8, 4) is 11.3 Å². The molecule has 0 aliphatic heterocycles. The number of likely N-dealkylation sites (N-methyl/N-ethyl adjacent to an activating group) is 1. The van der Waals surface area contributed by atoms with Crippen molar-refractivity contribution < 1.29 is 4.79 Å². The van der Waals surface area contributed by atoms with Crippen LogP contribution < -0.4 is 16.0 Å². The van der Waals surface area contributed by atoms with Gasteiger partial charge in [-0.3, -0.25) is 9.78 Å². The molecule has 49 heavy (non-hydrogen) atoms. The molecule has 3 heterocycles. The van der Waals surface area contributed by atoms with Crippen molar-refractivity contribution in [3.63, 3.8) is 0 Å². The summed E-state index contributed by atoms with van der Waals surface area (Å²) in [5.41, 5.74) is 5.48. The first-order valence-electron chi connectivity index (χ1n) is 17.1. The maximum absolute atomic E-state index is 12.5. The van der Waals surface area contributed by atoms with E-state index in [0.29, 0.717) is 36.9 Å². The molecule has 3 aromatic heterocycles. The fourth-order valence-electron chi connectivity index (χ4n) is 6.30. The Hall–Kier alpha value is -5.00. The lowest BCUT2D eigenvalue weighted by molar-refractivity contribution is -0.111. The summed E-state index contributed by atoms with van der Waals surface area (Å²) in [6.07, 6.45) is 13.6. The minimum Gasteiger partial charge on any atom is -0.350 e. The normalized spacial score (nSPS) is 16.9. The molecule has 254 valence electrons. The van der Waals surface area contributed by atoms with Crippen molar-refractivity contribution in [1.82, 2.24) is 34.8 Å². The Kier molecular flexibility index (Phi) is 10.7. The molecule has 6 rings (SSSR count). The predicted octanol–water partition coefficient (Wildman–Crippen LogP) is 6.61. The van der Waals surface area contributed by atoms with Gasteiger partial charge in [-0.15, -0.1) is 0 Å². The van der Waals surface area contributed by atoms with Crippen LogP contribution in [0, 0.1) is 5.92 Å². The van der Waals surface area contributed by atoms with E-state index < -0.39 is 0 Å². The fraction of sp³-hybridized carbons (Fsp3) is 0.368. The molecule has 11 nitrogen and oxygen atoms in total. The number of nitrogens with one attached hydrogen (secondary N) is 3. The highest BCUT2D eigenvalue weighted by Gasteiger charge is 2.20. The first-order valence-corrected chi connectivity index (χ1v) is 17.1. The minimum atomic E-state index is -0.158. The second-order valence-electron chi connectivity index (χ2n) is 13.3. The second kappa shape index (κ2) is 15.5. The summed E-state index contributed by atoms with van der Waals surface area (Å²) in [4.78, 5) is 33.7. The van der Waals surface area contributed by atoms with Crippen molar-refractivity contribution >= 4 is 46.1 Å². The molecule has 0 radical (unpaired) electrons. The zero-order valence-corrected chi connectivity index (χ0v) is 29.0. The molecule has 11 heteroatoms. The van der Waals surface area contributed by atoms with Crippen LogP contribution in [-0.2, 0) is 11.3 Å². The average molecular weight is 659 g/mol. The molecule has 0 bridgehead atoms. The largest absolute Gasteiger partial charge is 0.350 e. The third-order valence-electron chi connectivity index (χ3n) is 9.07. The standard InChI is InChI=1S/C38H46N10O/c1-25(2)33-24-43-48-36(33)45-37(41-22-26-12-14-29(39-3)15-13-26)46-38(48)42-23-28-9-6-7-10-31(28)35-32-17-16-30(21-27(32)18-19-40-35)44-34(49)11-8-20-47(4)5/h6-11,16-19,21-22,24-26,29,39H,12-15,20,23H2,1-5H3,(H,44,49)(H,42,45,46)/b11-8+,41-22?. The van der Waals surface area contributed by atoms with Crippen LogP contribution in [0.1, 0.15) is 56.6 Å². The van der Waals surface area contributed by atoms with Gasteiger partial charge < -0.3 is 20.9 Å². The SMILES string of the molecule is CNC1CCC(C=Nc2nc(NCc3ccccc3-c3nccc4cc(NC(=O)/C=C/CN(C)C)ccc34)n3ncc(C(C)C)c3n2)CC1. The molecule has 0 atom stereocenters.